The molecule has 2 heterocycles. The van der Waals surface area contributed by atoms with E-state index in [1.54, 1.807) is 6.07 Å². The van der Waals surface area contributed by atoms with Gasteiger partial charge in [-0.15, -0.1) is 0 Å². The van der Waals surface area contributed by atoms with E-state index in [1.807, 2.05) is 15.7 Å². The second-order valence-corrected chi connectivity index (χ2v) is 5.97. The normalized spacial score (nSPS) is 16.0. The lowest BCUT2D eigenvalue weighted by Gasteiger charge is -2.34. The van der Waals surface area contributed by atoms with Crippen molar-refractivity contribution in [3.63, 3.8) is 0 Å². The summed E-state index contributed by atoms with van der Waals surface area (Å²) in [5.41, 5.74) is 0.696. The molecule has 1 aliphatic rings. The fraction of sp³-hybridized carbons (Fsp3) is 0.600. The summed E-state index contributed by atoms with van der Waals surface area (Å²) in [6.45, 7) is 7.34. The fourth-order valence-corrected chi connectivity index (χ4v) is 3.04. The fourth-order valence-electron chi connectivity index (χ4n) is 2.41. The maximum absolute atomic E-state index is 12.1. The quantitative estimate of drug-likeness (QED) is 0.809. The molecule has 1 saturated heterocycles. The topological polar surface area (TPSA) is 52.6 Å². The molecule has 2 rings (SSSR count). The molecule has 0 atom stereocenters. The van der Waals surface area contributed by atoms with Gasteiger partial charge in [-0.05, 0) is 24.4 Å². The van der Waals surface area contributed by atoms with Crippen molar-refractivity contribution in [1.29, 1.82) is 0 Å². The highest BCUT2D eigenvalue weighted by atomic mass is 32.1. The molecule has 21 heavy (non-hydrogen) atoms. The zero-order valence-electron chi connectivity index (χ0n) is 12.5. The van der Waals surface area contributed by atoms with Crippen LogP contribution in [0.2, 0.25) is 0 Å². The van der Waals surface area contributed by atoms with E-state index in [4.69, 9.17) is 0 Å². The molecule has 0 bridgehead atoms. The van der Waals surface area contributed by atoms with Crippen molar-refractivity contribution in [1.82, 2.24) is 15.1 Å². The second kappa shape index (κ2) is 8.14. The van der Waals surface area contributed by atoms with Crippen molar-refractivity contribution in [2.24, 2.45) is 0 Å². The molecule has 116 valence electrons. The minimum Gasteiger partial charge on any atom is -0.352 e. The first-order valence-electron chi connectivity index (χ1n) is 7.51. The van der Waals surface area contributed by atoms with Crippen molar-refractivity contribution >= 4 is 23.2 Å². The number of hydrogen-bond acceptors (Lipinski definition) is 4. The van der Waals surface area contributed by atoms with E-state index < -0.39 is 0 Å². The van der Waals surface area contributed by atoms with Gasteiger partial charge in [0.15, 0.2) is 0 Å². The number of piperazine rings is 1. The SMILES string of the molecule is CCN1CCN(C(=O)CCCNC(=O)c2ccsc2)CC1. The summed E-state index contributed by atoms with van der Waals surface area (Å²) in [4.78, 5) is 28.1. The number of carbonyl (C=O) groups is 2. The van der Waals surface area contributed by atoms with Crippen LogP contribution in [0.1, 0.15) is 30.1 Å². The highest BCUT2D eigenvalue weighted by Crippen LogP contribution is 2.06. The first-order valence-corrected chi connectivity index (χ1v) is 8.45. The third kappa shape index (κ3) is 4.82. The molecule has 1 aromatic rings. The Morgan fingerprint density at radius 3 is 2.67 bits per heavy atom. The number of nitrogens with one attached hydrogen (secondary N) is 1. The predicted octanol–water partition coefficient (Wildman–Crippen LogP) is 1.42. The Labute approximate surface area is 129 Å². The van der Waals surface area contributed by atoms with Crippen molar-refractivity contribution in [2.75, 3.05) is 39.3 Å². The predicted molar refractivity (Wildman–Crippen MR) is 84.6 cm³/mol. The van der Waals surface area contributed by atoms with Crippen molar-refractivity contribution < 1.29 is 9.59 Å². The van der Waals surface area contributed by atoms with Gasteiger partial charge in [0.25, 0.3) is 5.91 Å². The number of thiophene rings is 1. The van der Waals surface area contributed by atoms with Crippen LogP contribution >= 0.6 is 11.3 Å². The van der Waals surface area contributed by atoms with Crippen LogP contribution in [0.15, 0.2) is 16.8 Å². The lowest BCUT2D eigenvalue weighted by atomic mass is 10.2. The second-order valence-electron chi connectivity index (χ2n) is 5.19. The van der Waals surface area contributed by atoms with Crippen molar-refractivity contribution in [2.45, 2.75) is 19.8 Å². The molecule has 1 aromatic heterocycles. The summed E-state index contributed by atoms with van der Waals surface area (Å²) >= 11 is 1.51. The Balaban J connectivity index is 1.60. The molecule has 0 aliphatic carbocycles. The molecule has 2 amide bonds. The van der Waals surface area contributed by atoms with Gasteiger partial charge >= 0.3 is 0 Å². The average Bonchev–Trinajstić information content (AvgIpc) is 3.05. The number of hydrogen-bond donors (Lipinski definition) is 1. The lowest BCUT2D eigenvalue weighted by Crippen LogP contribution is -2.48. The van der Waals surface area contributed by atoms with E-state index in [0.717, 1.165) is 32.7 Å². The minimum atomic E-state index is -0.0553. The van der Waals surface area contributed by atoms with Crippen LogP contribution in [0.25, 0.3) is 0 Å². The summed E-state index contributed by atoms with van der Waals surface area (Å²) in [6, 6.07) is 1.80. The number of carbonyl (C=O) groups excluding carboxylic acids is 2. The zero-order chi connectivity index (χ0) is 15.1. The number of amides is 2. The molecule has 0 radical (unpaired) electrons. The summed E-state index contributed by atoms with van der Waals surface area (Å²) in [6.07, 6.45) is 1.21. The smallest absolute Gasteiger partial charge is 0.252 e. The molecule has 6 heteroatoms. The minimum absolute atomic E-state index is 0.0553. The standard InChI is InChI=1S/C15H23N3O2S/c1-2-17-7-9-18(10-8-17)14(19)4-3-6-16-15(20)13-5-11-21-12-13/h5,11-12H,2-4,6-10H2,1H3,(H,16,20). The van der Waals surface area contributed by atoms with Gasteiger partial charge in [-0.25, -0.2) is 0 Å². The monoisotopic (exact) mass is 309 g/mol. The van der Waals surface area contributed by atoms with Gasteiger partial charge in [-0.3, -0.25) is 9.59 Å². The summed E-state index contributed by atoms with van der Waals surface area (Å²) in [5, 5.41) is 6.56. The van der Waals surface area contributed by atoms with Gasteiger partial charge in [0.2, 0.25) is 5.91 Å². The van der Waals surface area contributed by atoms with Crippen LogP contribution in [-0.4, -0.2) is 60.9 Å². The van der Waals surface area contributed by atoms with E-state index in [0.29, 0.717) is 24.9 Å². The molecule has 0 unspecified atom stereocenters. The largest absolute Gasteiger partial charge is 0.352 e. The van der Waals surface area contributed by atoms with Gasteiger partial charge in [-0.1, -0.05) is 6.92 Å². The van der Waals surface area contributed by atoms with E-state index in [2.05, 4.69) is 17.1 Å². The van der Waals surface area contributed by atoms with Gasteiger partial charge in [0.05, 0.1) is 0 Å². The Morgan fingerprint density at radius 2 is 2.05 bits per heavy atom. The highest BCUT2D eigenvalue weighted by Gasteiger charge is 2.19. The van der Waals surface area contributed by atoms with Crippen molar-refractivity contribution in [3.05, 3.63) is 22.4 Å². The number of nitrogens with zero attached hydrogens (tertiary/aromatic N) is 2. The maximum Gasteiger partial charge on any atom is 0.252 e. The molecule has 1 aliphatic heterocycles. The first kappa shape index (κ1) is 16.0. The Morgan fingerprint density at radius 1 is 1.29 bits per heavy atom. The number of likely N-dealkylation sites (N-methyl/N-ethyl adjacent to an activating group) is 1. The highest BCUT2D eigenvalue weighted by molar-refractivity contribution is 7.08. The molecular formula is C15H23N3O2S. The average molecular weight is 309 g/mol. The van der Waals surface area contributed by atoms with Crippen LogP contribution < -0.4 is 5.32 Å². The van der Waals surface area contributed by atoms with Gasteiger partial charge in [0, 0.05) is 50.1 Å². The van der Waals surface area contributed by atoms with Gasteiger partial charge in [-0.2, -0.15) is 11.3 Å². The molecule has 1 fully saturated rings. The van der Waals surface area contributed by atoms with Crippen LogP contribution in [-0.2, 0) is 4.79 Å². The third-order valence-electron chi connectivity index (χ3n) is 3.81. The summed E-state index contributed by atoms with van der Waals surface area (Å²) < 4.78 is 0. The van der Waals surface area contributed by atoms with Gasteiger partial charge < -0.3 is 15.1 Å². The third-order valence-corrected chi connectivity index (χ3v) is 4.49. The Bertz CT molecular complexity index is 453. The van der Waals surface area contributed by atoms with E-state index in [9.17, 15) is 9.59 Å². The van der Waals surface area contributed by atoms with Crippen LogP contribution in [0.5, 0.6) is 0 Å². The zero-order valence-corrected chi connectivity index (χ0v) is 13.3. The summed E-state index contributed by atoms with van der Waals surface area (Å²) in [5.74, 6) is 0.149. The van der Waals surface area contributed by atoms with Crippen LogP contribution in [0.3, 0.4) is 0 Å². The molecule has 1 N–H and O–H groups in total. The molecular weight excluding hydrogens is 286 g/mol. The van der Waals surface area contributed by atoms with Crippen molar-refractivity contribution in [3.8, 4) is 0 Å². The first-order chi connectivity index (χ1) is 10.2. The van der Waals surface area contributed by atoms with E-state index in [1.165, 1.54) is 11.3 Å². The van der Waals surface area contributed by atoms with Crippen LogP contribution in [0.4, 0.5) is 0 Å². The Kier molecular flexibility index (Phi) is 6.20. The lowest BCUT2D eigenvalue weighted by molar-refractivity contribution is -0.133. The molecule has 0 spiro atoms. The Hall–Kier alpha value is -1.40. The van der Waals surface area contributed by atoms with E-state index in [-0.39, 0.29) is 11.8 Å². The van der Waals surface area contributed by atoms with Crippen LogP contribution in [0, 0.1) is 0 Å². The maximum atomic E-state index is 12.1. The van der Waals surface area contributed by atoms with Gasteiger partial charge in [0.1, 0.15) is 0 Å². The molecule has 0 saturated carbocycles. The summed E-state index contributed by atoms with van der Waals surface area (Å²) in [7, 11) is 0. The number of rotatable bonds is 6. The van der Waals surface area contributed by atoms with E-state index >= 15 is 0 Å². The molecule has 0 aromatic carbocycles. The molecule has 5 nitrogen and oxygen atoms in total.